The van der Waals surface area contributed by atoms with Crippen molar-refractivity contribution in [2.45, 2.75) is 31.8 Å². The van der Waals surface area contributed by atoms with Gasteiger partial charge in [0.2, 0.25) is 10.0 Å². The number of nitrogens with zero attached hydrogens (tertiary/aromatic N) is 2. The zero-order valence-corrected chi connectivity index (χ0v) is 16.4. The predicted octanol–water partition coefficient (Wildman–Crippen LogP) is 2.43. The minimum atomic E-state index is -3.71. The Labute approximate surface area is 163 Å². The first-order valence-electron chi connectivity index (χ1n) is 8.65. The molecule has 1 aromatic carbocycles. The fraction of sp³-hybridized carbons (Fsp3) is 0.263. The number of hydrogen-bond donors (Lipinski definition) is 1. The largest absolute Gasteiger partial charge is 0.468 e. The first-order chi connectivity index (χ1) is 13.3. The Morgan fingerprint density at radius 2 is 1.96 bits per heavy atom. The van der Waals surface area contributed by atoms with E-state index in [0.717, 1.165) is 11.4 Å². The van der Waals surface area contributed by atoms with Gasteiger partial charge >= 0.3 is 5.97 Å². The quantitative estimate of drug-likeness (QED) is 0.580. The number of benzene rings is 1. The van der Waals surface area contributed by atoms with Crippen LogP contribution in [0.5, 0.6) is 0 Å². The summed E-state index contributed by atoms with van der Waals surface area (Å²) >= 11 is 0. The molecule has 0 unspecified atom stereocenters. The molecule has 0 saturated heterocycles. The second kappa shape index (κ2) is 8.41. The van der Waals surface area contributed by atoms with Crippen LogP contribution in [0.15, 0.2) is 58.0 Å². The van der Waals surface area contributed by atoms with Gasteiger partial charge in [0, 0.05) is 5.69 Å². The molecule has 0 atom stereocenters. The van der Waals surface area contributed by atoms with Crippen molar-refractivity contribution in [2.24, 2.45) is 0 Å². The van der Waals surface area contributed by atoms with Crippen molar-refractivity contribution in [3.8, 4) is 0 Å². The second-order valence-electron chi connectivity index (χ2n) is 6.21. The van der Waals surface area contributed by atoms with Crippen LogP contribution < -0.4 is 4.72 Å². The molecule has 2 heterocycles. The van der Waals surface area contributed by atoms with Crippen LogP contribution in [0.2, 0.25) is 0 Å². The van der Waals surface area contributed by atoms with Crippen molar-refractivity contribution >= 4 is 16.0 Å². The lowest BCUT2D eigenvalue weighted by atomic mass is 10.2. The second-order valence-corrected chi connectivity index (χ2v) is 7.98. The summed E-state index contributed by atoms with van der Waals surface area (Å²) in [6.45, 7) is 4.50. The molecule has 0 saturated carbocycles. The van der Waals surface area contributed by atoms with Crippen molar-refractivity contribution < 1.29 is 22.4 Å². The average molecular weight is 403 g/mol. The Morgan fingerprint density at radius 3 is 2.57 bits per heavy atom. The molecule has 0 radical (unpaired) electrons. The molecule has 0 spiro atoms. The van der Waals surface area contributed by atoms with Gasteiger partial charge in [0.1, 0.15) is 12.4 Å². The molecule has 3 aromatic rings. The van der Waals surface area contributed by atoms with Crippen molar-refractivity contribution in [3.63, 3.8) is 0 Å². The van der Waals surface area contributed by atoms with Crippen LogP contribution in [-0.4, -0.2) is 30.8 Å². The standard InChI is InChI=1S/C19H21N3O5S/c1-14-12-15(2)22(21-14)9-11-27-19(23)16-5-7-18(8-6-16)28(24,25)20-13-17-4-3-10-26-17/h3-8,10,12,20H,9,11,13H2,1-2H3. The van der Waals surface area contributed by atoms with Gasteiger partial charge < -0.3 is 9.15 Å². The highest BCUT2D eigenvalue weighted by atomic mass is 32.2. The maximum Gasteiger partial charge on any atom is 0.338 e. The Kier molecular flexibility index (Phi) is 5.96. The molecule has 0 aliphatic rings. The summed E-state index contributed by atoms with van der Waals surface area (Å²) in [5, 5.41) is 4.30. The number of sulfonamides is 1. The minimum absolute atomic E-state index is 0.0471. The highest BCUT2D eigenvalue weighted by Crippen LogP contribution is 2.13. The molecule has 0 aliphatic carbocycles. The third-order valence-electron chi connectivity index (χ3n) is 4.06. The Hall–Kier alpha value is -2.91. The number of rotatable bonds is 8. The van der Waals surface area contributed by atoms with Gasteiger partial charge in [-0.05, 0) is 56.3 Å². The summed E-state index contributed by atoms with van der Waals surface area (Å²) in [4.78, 5) is 12.2. The van der Waals surface area contributed by atoms with Crippen LogP contribution in [0.4, 0.5) is 0 Å². The lowest BCUT2D eigenvalue weighted by Gasteiger charge is -2.08. The van der Waals surface area contributed by atoms with Gasteiger partial charge in [0.05, 0.1) is 35.5 Å². The van der Waals surface area contributed by atoms with Crippen LogP contribution in [0, 0.1) is 13.8 Å². The third kappa shape index (κ3) is 4.87. The Bertz CT molecular complexity index is 1040. The smallest absolute Gasteiger partial charge is 0.338 e. The van der Waals surface area contributed by atoms with E-state index in [1.165, 1.54) is 30.5 Å². The number of aromatic nitrogens is 2. The summed E-state index contributed by atoms with van der Waals surface area (Å²) < 4.78 is 39.1. The monoisotopic (exact) mass is 403 g/mol. The molecule has 0 amide bonds. The Balaban J connectivity index is 1.55. The minimum Gasteiger partial charge on any atom is -0.468 e. The van der Waals surface area contributed by atoms with E-state index in [4.69, 9.17) is 9.15 Å². The molecular formula is C19H21N3O5S. The lowest BCUT2D eigenvalue weighted by Crippen LogP contribution is -2.23. The number of carbonyl (C=O) groups is 1. The molecule has 0 aliphatic heterocycles. The normalized spacial score (nSPS) is 11.5. The molecule has 0 bridgehead atoms. The topological polar surface area (TPSA) is 103 Å². The van der Waals surface area contributed by atoms with Crippen molar-refractivity contribution in [3.05, 3.63) is 71.4 Å². The summed E-state index contributed by atoms with van der Waals surface area (Å²) in [5.74, 6) is -0.0135. The maximum atomic E-state index is 12.3. The van der Waals surface area contributed by atoms with Crippen LogP contribution in [0.3, 0.4) is 0 Å². The molecular weight excluding hydrogens is 382 g/mol. The summed E-state index contributed by atoms with van der Waals surface area (Å²) in [5.41, 5.74) is 2.17. The van der Waals surface area contributed by atoms with E-state index in [9.17, 15) is 13.2 Å². The summed E-state index contributed by atoms with van der Waals surface area (Å²) in [6.07, 6.45) is 1.47. The molecule has 0 fully saturated rings. The summed E-state index contributed by atoms with van der Waals surface area (Å²) in [6, 6.07) is 10.9. The van der Waals surface area contributed by atoms with Gasteiger partial charge in [0.15, 0.2) is 0 Å². The first kappa shape index (κ1) is 19.8. The highest BCUT2D eigenvalue weighted by Gasteiger charge is 2.16. The molecule has 28 heavy (non-hydrogen) atoms. The van der Waals surface area contributed by atoms with Crippen LogP contribution in [0.1, 0.15) is 27.5 Å². The van der Waals surface area contributed by atoms with E-state index >= 15 is 0 Å². The summed E-state index contributed by atoms with van der Waals surface area (Å²) in [7, 11) is -3.71. The van der Waals surface area contributed by atoms with Gasteiger partial charge in [-0.25, -0.2) is 17.9 Å². The number of esters is 1. The maximum absolute atomic E-state index is 12.3. The fourth-order valence-electron chi connectivity index (χ4n) is 2.64. The van der Waals surface area contributed by atoms with Crippen LogP contribution in [-0.2, 0) is 27.8 Å². The molecule has 8 nitrogen and oxygen atoms in total. The van der Waals surface area contributed by atoms with Gasteiger partial charge in [-0.15, -0.1) is 0 Å². The highest BCUT2D eigenvalue weighted by molar-refractivity contribution is 7.89. The number of aryl methyl sites for hydroxylation is 2. The number of hydrogen-bond acceptors (Lipinski definition) is 6. The SMILES string of the molecule is Cc1cc(C)n(CCOC(=O)c2ccc(S(=O)(=O)NCc3ccco3)cc2)n1. The number of carbonyl (C=O) groups excluding carboxylic acids is 1. The molecule has 148 valence electrons. The van der Waals surface area contributed by atoms with E-state index < -0.39 is 16.0 Å². The number of furan rings is 1. The van der Waals surface area contributed by atoms with Crippen molar-refractivity contribution in [2.75, 3.05) is 6.61 Å². The van der Waals surface area contributed by atoms with E-state index in [0.29, 0.717) is 12.3 Å². The van der Waals surface area contributed by atoms with Gasteiger partial charge in [-0.2, -0.15) is 5.10 Å². The molecule has 2 aromatic heterocycles. The third-order valence-corrected chi connectivity index (χ3v) is 5.47. The zero-order chi connectivity index (χ0) is 20.1. The fourth-order valence-corrected chi connectivity index (χ4v) is 3.64. The molecule has 9 heteroatoms. The molecule has 3 rings (SSSR count). The number of ether oxygens (including phenoxy) is 1. The van der Waals surface area contributed by atoms with E-state index in [-0.39, 0.29) is 23.6 Å². The van der Waals surface area contributed by atoms with E-state index in [1.54, 1.807) is 16.8 Å². The average Bonchev–Trinajstić information content (AvgIpc) is 3.29. The first-order valence-corrected chi connectivity index (χ1v) is 10.1. The zero-order valence-electron chi connectivity index (χ0n) is 15.6. The van der Waals surface area contributed by atoms with Gasteiger partial charge in [-0.3, -0.25) is 4.68 Å². The van der Waals surface area contributed by atoms with Crippen LogP contribution in [0.25, 0.3) is 0 Å². The number of nitrogens with one attached hydrogen (secondary N) is 1. The molecule has 1 N–H and O–H groups in total. The van der Waals surface area contributed by atoms with Crippen molar-refractivity contribution in [1.29, 1.82) is 0 Å². The van der Waals surface area contributed by atoms with E-state index in [2.05, 4.69) is 9.82 Å². The van der Waals surface area contributed by atoms with Crippen LogP contribution >= 0.6 is 0 Å². The van der Waals surface area contributed by atoms with Crippen molar-refractivity contribution in [1.82, 2.24) is 14.5 Å². The van der Waals surface area contributed by atoms with Gasteiger partial charge in [-0.1, -0.05) is 0 Å². The predicted molar refractivity (Wildman–Crippen MR) is 101 cm³/mol. The Morgan fingerprint density at radius 1 is 1.21 bits per heavy atom. The van der Waals surface area contributed by atoms with Gasteiger partial charge in [0.25, 0.3) is 0 Å². The van der Waals surface area contributed by atoms with E-state index in [1.807, 2.05) is 19.9 Å². The lowest BCUT2D eigenvalue weighted by molar-refractivity contribution is 0.0486.